The number of methoxy groups -OCH3 is 1. The minimum atomic E-state index is -0.453. The molecule has 0 aromatic heterocycles. The molecule has 0 aliphatic carbocycles. The van der Waals surface area contributed by atoms with Crippen LogP contribution in [0.4, 0.5) is 0 Å². The van der Waals surface area contributed by atoms with E-state index in [-0.39, 0.29) is 5.75 Å². The molecule has 3 aromatic rings. The molecule has 0 spiro atoms. The number of aromatic hydroxyl groups is 1. The van der Waals surface area contributed by atoms with Crippen LogP contribution in [-0.2, 0) is 4.74 Å². The third-order valence-electron chi connectivity index (χ3n) is 3.22. The molecule has 3 nitrogen and oxygen atoms in total. The molecule has 0 saturated carbocycles. The fraction of sp³-hybridized carbons (Fsp3) is 0.0625. The molecular formula is C16H12O3. The topological polar surface area (TPSA) is 46.5 Å². The van der Waals surface area contributed by atoms with Crippen LogP contribution in [0.3, 0.4) is 0 Å². The van der Waals surface area contributed by atoms with Crippen molar-refractivity contribution in [2.75, 3.05) is 7.11 Å². The lowest BCUT2D eigenvalue weighted by Gasteiger charge is -2.07. The Morgan fingerprint density at radius 3 is 2.37 bits per heavy atom. The van der Waals surface area contributed by atoms with Crippen LogP contribution in [-0.4, -0.2) is 18.2 Å². The van der Waals surface area contributed by atoms with Crippen molar-refractivity contribution in [3.63, 3.8) is 0 Å². The molecule has 0 aliphatic rings. The van der Waals surface area contributed by atoms with Crippen molar-refractivity contribution in [3.05, 3.63) is 54.1 Å². The van der Waals surface area contributed by atoms with E-state index >= 15 is 0 Å². The highest BCUT2D eigenvalue weighted by atomic mass is 16.5. The minimum absolute atomic E-state index is 0.0867. The van der Waals surface area contributed by atoms with E-state index < -0.39 is 5.97 Å². The molecule has 0 heterocycles. The molecule has 0 saturated heterocycles. The average molecular weight is 252 g/mol. The van der Waals surface area contributed by atoms with Crippen LogP contribution in [0.2, 0.25) is 0 Å². The summed E-state index contributed by atoms with van der Waals surface area (Å²) in [5, 5.41) is 13.7. The van der Waals surface area contributed by atoms with Crippen LogP contribution < -0.4 is 0 Å². The summed E-state index contributed by atoms with van der Waals surface area (Å²) < 4.78 is 4.68. The highest BCUT2D eigenvalue weighted by Gasteiger charge is 2.10. The zero-order valence-corrected chi connectivity index (χ0v) is 10.4. The van der Waals surface area contributed by atoms with Crippen LogP contribution in [0.15, 0.2) is 48.5 Å². The van der Waals surface area contributed by atoms with Gasteiger partial charge in [-0.15, -0.1) is 0 Å². The normalized spacial score (nSPS) is 10.8. The van der Waals surface area contributed by atoms with Gasteiger partial charge in [-0.1, -0.05) is 24.3 Å². The number of benzene rings is 3. The summed E-state index contributed by atoms with van der Waals surface area (Å²) in [6.07, 6.45) is 0. The van der Waals surface area contributed by atoms with Gasteiger partial charge in [-0.05, 0) is 40.4 Å². The molecular weight excluding hydrogens is 240 g/mol. The van der Waals surface area contributed by atoms with Crippen molar-refractivity contribution < 1.29 is 14.6 Å². The number of phenolic OH excluding ortho intramolecular Hbond substituents is 1. The molecule has 3 heteroatoms. The summed E-state index contributed by atoms with van der Waals surface area (Å²) in [7, 11) is 1.32. The molecule has 1 N–H and O–H groups in total. The Balaban J connectivity index is 2.34. The van der Waals surface area contributed by atoms with Crippen molar-refractivity contribution in [1.29, 1.82) is 0 Å². The first kappa shape index (κ1) is 11.5. The van der Waals surface area contributed by atoms with E-state index in [1.807, 2.05) is 36.4 Å². The van der Waals surface area contributed by atoms with Gasteiger partial charge in [-0.25, -0.2) is 4.79 Å². The largest absolute Gasteiger partial charge is 0.507 e. The number of carbonyl (C=O) groups excluding carboxylic acids is 1. The molecule has 3 rings (SSSR count). The van der Waals surface area contributed by atoms with E-state index in [0.717, 1.165) is 21.5 Å². The van der Waals surface area contributed by atoms with E-state index in [9.17, 15) is 9.90 Å². The lowest BCUT2D eigenvalue weighted by atomic mass is 10.0. The Morgan fingerprint density at radius 2 is 1.68 bits per heavy atom. The Labute approximate surface area is 110 Å². The van der Waals surface area contributed by atoms with Crippen LogP contribution in [0.1, 0.15) is 10.4 Å². The SMILES string of the molecule is COC(=O)c1cc(O)c2cc3ccccc3cc2c1. The van der Waals surface area contributed by atoms with Gasteiger partial charge in [0.05, 0.1) is 12.7 Å². The van der Waals surface area contributed by atoms with Gasteiger partial charge in [-0.2, -0.15) is 0 Å². The highest BCUT2D eigenvalue weighted by Crippen LogP contribution is 2.30. The van der Waals surface area contributed by atoms with Gasteiger partial charge in [0.1, 0.15) is 5.75 Å². The molecule has 19 heavy (non-hydrogen) atoms. The molecule has 0 bridgehead atoms. The third kappa shape index (κ3) is 1.89. The van der Waals surface area contributed by atoms with E-state index in [0.29, 0.717) is 5.56 Å². The number of carbonyl (C=O) groups is 1. The van der Waals surface area contributed by atoms with Gasteiger partial charge >= 0.3 is 5.97 Å². The molecule has 0 aliphatic heterocycles. The van der Waals surface area contributed by atoms with Gasteiger partial charge < -0.3 is 9.84 Å². The Bertz CT molecular complexity index is 790. The predicted octanol–water partition coefficient (Wildman–Crippen LogP) is 3.49. The van der Waals surface area contributed by atoms with E-state index in [1.54, 1.807) is 6.07 Å². The van der Waals surface area contributed by atoms with E-state index in [4.69, 9.17) is 0 Å². The van der Waals surface area contributed by atoms with Gasteiger partial charge in [0, 0.05) is 5.39 Å². The molecule has 0 unspecified atom stereocenters. The van der Waals surface area contributed by atoms with E-state index in [2.05, 4.69) is 4.74 Å². The molecule has 0 amide bonds. The standard InChI is InChI=1S/C16H12O3/c1-19-16(18)13-7-12-6-10-4-2-3-5-11(10)8-14(12)15(17)9-13/h2-9,17H,1H3. The molecule has 3 aromatic carbocycles. The second-order valence-corrected chi connectivity index (χ2v) is 4.41. The molecule has 0 fully saturated rings. The maximum absolute atomic E-state index is 11.5. The van der Waals surface area contributed by atoms with Gasteiger partial charge in [-0.3, -0.25) is 0 Å². The maximum atomic E-state index is 11.5. The van der Waals surface area contributed by atoms with Crippen molar-refractivity contribution in [3.8, 4) is 5.75 Å². The van der Waals surface area contributed by atoms with Gasteiger partial charge in [0.2, 0.25) is 0 Å². The fourth-order valence-corrected chi connectivity index (χ4v) is 2.27. The number of rotatable bonds is 1. The van der Waals surface area contributed by atoms with Crippen molar-refractivity contribution >= 4 is 27.5 Å². The zero-order valence-electron chi connectivity index (χ0n) is 10.4. The summed E-state index contributed by atoms with van der Waals surface area (Å²) in [6.45, 7) is 0. The first-order chi connectivity index (χ1) is 9.19. The first-order valence-electron chi connectivity index (χ1n) is 5.93. The molecule has 94 valence electrons. The third-order valence-corrected chi connectivity index (χ3v) is 3.22. The monoisotopic (exact) mass is 252 g/mol. The lowest BCUT2D eigenvalue weighted by Crippen LogP contribution is -2.00. The summed E-state index contributed by atoms with van der Waals surface area (Å²) in [4.78, 5) is 11.5. The van der Waals surface area contributed by atoms with Crippen LogP contribution in [0.25, 0.3) is 21.5 Å². The summed E-state index contributed by atoms with van der Waals surface area (Å²) in [6, 6.07) is 14.9. The number of phenols is 1. The second-order valence-electron chi connectivity index (χ2n) is 4.41. The summed E-state index contributed by atoms with van der Waals surface area (Å²) in [5.74, 6) is -0.367. The quantitative estimate of drug-likeness (QED) is 0.532. The average Bonchev–Trinajstić information content (AvgIpc) is 2.44. The number of hydrogen-bond donors (Lipinski definition) is 1. The molecule has 0 atom stereocenters. The van der Waals surface area contributed by atoms with Crippen LogP contribution >= 0.6 is 0 Å². The minimum Gasteiger partial charge on any atom is -0.507 e. The van der Waals surface area contributed by atoms with Gasteiger partial charge in [0.15, 0.2) is 0 Å². The first-order valence-corrected chi connectivity index (χ1v) is 5.93. The lowest BCUT2D eigenvalue weighted by molar-refractivity contribution is 0.0600. The number of ether oxygens (including phenoxy) is 1. The highest BCUT2D eigenvalue weighted by molar-refractivity contribution is 6.04. The second kappa shape index (κ2) is 4.28. The Kier molecular flexibility index (Phi) is 2.60. The molecule has 0 radical (unpaired) electrons. The Morgan fingerprint density at radius 1 is 1.00 bits per heavy atom. The number of fused-ring (bicyclic) bond motifs is 2. The summed E-state index contributed by atoms with van der Waals surface area (Å²) >= 11 is 0. The van der Waals surface area contributed by atoms with Gasteiger partial charge in [0.25, 0.3) is 0 Å². The van der Waals surface area contributed by atoms with Crippen molar-refractivity contribution in [1.82, 2.24) is 0 Å². The number of esters is 1. The Hall–Kier alpha value is -2.55. The summed E-state index contributed by atoms with van der Waals surface area (Å²) in [5.41, 5.74) is 0.350. The number of hydrogen-bond acceptors (Lipinski definition) is 3. The smallest absolute Gasteiger partial charge is 0.338 e. The predicted molar refractivity (Wildman–Crippen MR) is 74.5 cm³/mol. The fourth-order valence-electron chi connectivity index (χ4n) is 2.27. The van der Waals surface area contributed by atoms with Crippen molar-refractivity contribution in [2.45, 2.75) is 0 Å². The van der Waals surface area contributed by atoms with Crippen LogP contribution in [0, 0.1) is 0 Å². The van der Waals surface area contributed by atoms with Crippen molar-refractivity contribution in [2.24, 2.45) is 0 Å². The van der Waals surface area contributed by atoms with E-state index in [1.165, 1.54) is 13.2 Å². The van der Waals surface area contributed by atoms with Crippen LogP contribution in [0.5, 0.6) is 5.75 Å². The maximum Gasteiger partial charge on any atom is 0.338 e. The zero-order chi connectivity index (χ0) is 13.4.